The molecule has 1 aliphatic rings. The second kappa shape index (κ2) is 13.0. The minimum atomic E-state index is 0.273. The zero-order valence-corrected chi connectivity index (χ0v) is 16.8. The van der Waals surface area contributed by atoms with Crippen LogP contribution >= 0.6 is 0 Å². The fourth-order valence-electron chi connectivity index (χ4n) is 3.41. The van der Waals surface area contributed by atoms with Gasteiger partial charge in [0.1, 0.15) is 0 Å². The van der Waals surface area contributed by atoms with Gasteiger partial charge in [0.2, 0.25) is 0 Å². The lowest BCUT2D eigenvalue weighted by Crippen LogP contribution is -2.61. The summed E-state index contributed by atoms with van der Waals surface area (Å²) in [6, 6.07) is 0.663. The van der Waals surface area contributed by atoms with E-state index in [-0.39, 0.29) is 11.1 Å². The third-order valence-electron chi connectivity index (χ3n) is 4.19. The van der Waals surface area contributed by atoms with Crippen molar-refractivity contribution in [2.24, 2.45) is 11.5 Å². The van der Waals surface area contributed by atoms with Crippen molar-refractivity contribution < 1.29 is 0 Å². The van der Waals surface area contributed by atoms with Crippen molar-refractivity contribution >= 4 is 0 Å². The van der Waals surface area contributed by atoms with Crippen LogP contribution < -0.4 is 32.7 Å². The van der Waals surface area contributed by atoms with Gasteiger partial charge in [0.15, 0.2) is 0 Å². The maximum Gasteiger partial charge on any atom is 0.0144 e. The predicted octanol–water partition coefficient (Wildman–Crippen LogP) is 0.378. The van der Waals surface area contributed by atoms with Gasteiger partial charge < -0.3 is 32.7 Å². The van der Waals surface area contributed by atoms with E-state index in [9.17, 15) is 0 Å². The molecule has 0 saturated carbocycles. The Morgan fingerprint density at radius 2 is 1.25 bits per heavy atom. The van der Waals surface area contributed by atoms with Crippen molar-refractivity contribution in [1.29, 1.82) is 0 Å². The quantitative estimate of drug-likeness (QED) is 0.321. The first kappa shape index (κ1) is 23.8. The van der Waals surface area contributed by atoms with Gasteiger partial charge in [-0.3, -0.25) is 0 Å². The normalized spacial score (nSPS) is 19.6. The second-order valence-corrected chi connectivity index (χ2v) is 8.07. The highest BCUT2D eigenvalue weighted by atomic mass is 15.1. The number of rotatable bonds is 10. The van der Waals surface area contributed by atoms with Crippen molar-refractivity contribution in [3.05, 3.63) is 0 Å². The Kier molecular flexibility index (Phi) is 12.9. The predicted molar refractivity (Wildman–Crippen MR) is 106 cm³/mol. The van der Waals surface area contributed by atoms with Crippen LogP contribution in [0.5, 0.6) is 0 Å². The van der Waals surface area contributed by atoms with Crippen LogP contribution in [0, 0.1) is 0 Å². The summed E-state index contributed by atoms with van der Waals surface area (Å²) in [7, 11) is 2.06. The van der Waals surface area contributed by atoms with Gasteiger partial charge in [-0.15, -0.1) is 0 Å². The molecule has 0 aliphatic carbocycles. The second-order valence-electron chi connectivity index (χ2n) is 8.07. The van der Waals surface area contributed by atoms with E-state index in [1.54, 1.807) is 0 Å². The monoisotopic (exact) mass is 344 g/mol. The van der Waals surface area contributed by atoms with Crippen LogP contribution in [0.15, 0.2) is 0 Å². The van der Waals surface area contributed by atoms with Crippen molar-refractivity contribution in [2.45, 2.75) is 70.5 Å². The molecular weight excluding hydrogens is 300 g/mol. The largest absolute Gasteiger partial charge is 0.330 e. The molecule has 146 valence electrons. The Hall–Kier alpha value is -0.240. The first-order valence-corrected chi connectivity index (χ1v) is 9.54. The summed E-state index contributed by atoms with van der Waals surface area (Å²) in [6.45, 7) is 14.7. The maximum absolute atomic E-state index is 5.34. The third-order valence-corrected chi connectivity index (χ3v) is 4.19. The molecule has 6 heteroatoms. The molecule has 0 unspecified atom stereocenters. The zero-order chi connectivity index (χ0) is 18.5. The molecule has 0 bridgehead atoms. The lowest BCUT2D eigenvalue weighted by atomic mass is 9.80. The molecule has 0 aromatic heterocycles. The van der Waals surface area contributed by atoms with E-state index in [0.29, 0.717) is 6.04 Å². The van der Waals surface area contributed by atoms with Crippen molar-refractivity contribution in [3.63, 3.8) is 0 Å². The molecule has 1 aliphatic heterocycles. The summed E-state index contributed by atoms with van der Waals surface area (Å²) in [6.07, 6.45) is 4.55. The molecule has 1 rings (SSSR count). The zero-order valence-electron chi connectivity index (χ0n) is 16.8. The smallest absolute Gasteiger partial charge is 0.0144 e. The van der Waals surface area contributed by atoms with Crippen LogP contribution in [-0.4, -0.2) is 63.4 Å². The number of hydrogen-bond acceptors (Lipinski definition) is 6. The first-order valence-electron chi connectivity index (χ1n) is 9.54. The average Bonchev–Trinajstić information content (AvgIpc) is 2.47. The Morgan fingerprint density at radius 1 is 0.833 bits per heavy atom. The van der Waals surface area contributed by atoms with Crippen molar-refractivity contribution in [3.8, 4) is 0 Å². The number of piperidine rings is 1. The van der Waals surface area contributed by atoms with Gasteiger partial charge >= 0.3 is 0 Å². The highest BCUT2D eigenvalue weighted by molar-refractivity contribution is 4.98. The van der Waals surface area contributed by atoms with Crippen LogP contribution in [0.2, 0.25) is 0 Å². The molecule has 24 heavy (non-hydrogen) atoms. The van der Waals surface area contributed by atoms with Crippen molar-refractivity contribution in [1.82, 2.24) is 21.3 Å². The summed E-state index contributed by atoms with van der Waals surface area (Å²) in [5.74, 6) is 0. The number of hydrogen-bond donors (Lipinski definition) is 6. The van der Waals surface area contributed by atoms with Gasteiger partial charge in [-0.25, -0.2) is 0 Å². The van der Waals surface area contributed by atoms with E-state index < -0.39 is 0 Å². The Balaban J connectivity index is 0.000000441. The molecule has 0 spiro atoms. The van der Waals surface area contributed by atoms with E-state index in [0.717, 1.165) is 52.1 Å². The summed E-state index contributed by atoms with van der Waals surface area (Å²) in [5, 5.41) is 13.6. The molecule has 0 aromatic carbocycles. The van der Waals surface area contributed by atoms with Gasteiger partial charge in [0, 0.05) is 30.2 Å². The van der Waals surface area contributed by atoms with E-state index >= 15 is 0 Å². The van der Waals surface area contributed by atoms with Gasteiger partial charge in [0.05, 0.1) is 0 Å². The average molecular weight is 345 g/mol. The maximum atomic E-state index is 5.34. The van der Waals surface area contributed by atoms with Crippen LogP contribution in [-0.2, 0) is 0 Å². The van der Waals surface area contributed by atoms with Crippen LogP contribution in [0.4, 0.5) is 0 Å². The highest BCUT2D eigenvalue weighted by Crippen LogP contribution is 2.27. The summed E-state index contributed by atoms with van der Waals surface area (Å²) in [4.78, 5) is 0. The van der Waals surface area contributed by atoms with E-state index in [2.05, 4.69) is 56.0 Å². The SMILES string of the molecule is CNC1CC(C)(C)NC(C)(C)C1.NCCCNCCNCCCN. The molecule has 8 N–H and O–H groups in total. The summed E-state index contributed by atoms with van der Waals surface area (Å²) < 4.78 is 0. The van der Waals surface area contributed by atoms with Crippen LogP contribution in [0.3, 0.4) is 0 Å². The minimum absolute atomic E-state index is 0.273. The van der Waals surface area contributed by atoms with E-state index in [4.69, 9.17) is 11.5 Å². The Bertz CT molecular complexity index is 267. The van der Waals surface area contributed by atoms with E-state index in [1.807, 2.05) is 0 Å². The van der Waals surface area contributed by atoms with Crippen molar-refractivity contribution in [2.75, 3.05) is 46.3 Å². The molecule has 6 nitrogen and oxygen atoms in total. The third kappa shape index (κ3) is 13.1. The molecule has 0 atom stereocenters. The number of nitrogens with one attached hydrogen (secondary N) is 4. The van der Waals surface area contributed by atoms with Gasteiger partial charge in [-0.1, -0.05) is 0 Å². The molecule has 1 fully saturated rings. The first-order chi connectivity index (χ1) is 11.3. The highest BCUT2D eigenvalue weighted by Gasteiger charge is 2.36. The molecule has 1 heterocycles. The van der Waals surface area contributed by atoms with Crippen LogP contribution in [0.25, 0.3) is 0 Å². The van der Waals surface area contributed by atoms with Crippen LogP contribution in [0.1, 0.15) is 53.4 Å². The Morgan fingerprint density at radius 3 is 1.58 bits per heavy atom. The van der Waals surface area contributed by atoms with Gasteiger partial charge in [-0.05, 0) is 86.6 Å². The standard InChI is InChI=1S/C10H22N2.C8H22N4/c1-9(2)6-8(11-5)7-10(3,4)12-9;9-3-1-5-11-7-8-12-6-2-4-10/h8,11-12H,6-7H2,1-5H3;11-12H,1-10H2. The van der Waals surface area contributed by atoms with Gasteiger partial charge in [0.25, 0.3) is 0 Å². The molecule has 0 radical (unpaired) electrons. The molecule has 0 aromatic rings. The molecular formula is C18H44N6. The number of nitrogens with two attached hydrogens (primary N) is 2. The Labute approximate surface area is 150 Å². The molecule has 0 amide bonds. The van der Waals surface area contributed by atoms with Gasteiger partial charge in [-0.2, -0.15) is 0 Å². The fraction of sp³-hybridized carbons (Fsp3) is 1.00. The summed E-state index contributed by atoms with van der Waals surface area (Å²) >= 11 is 0. The fourth-order valence-corrected chi connectivity index (χ4v) is 3.41. The lowest BCUT2D eigenvalue weighted by molar-refractivity contribution is 0.150. The topological polar surface area (TPSA) is 100 Å². The minimum Gasteiger partial charge on any atom is -0.330 e. The van der Waals surface area contributed by atoms with E-state index in [1.165, 1.54) is 12.8 Å². The lowest BCUT2D eigenvalue weighted by Gasteiger charge is -2.46. The molecule has 1 saturated heterocycles. The summed E-state index contributed by atoms with van der Waals surface area (Å²) in [5.41, 5.74) is 11.2.